The molecule has 256 valence electrons. The number of allylic oxidation sites excluding steroid dienone is 2. The molecule has 0 spiro atoms. The van der Waals surface area contributed by atoms with E-state index in [4.69, 9.17) is 11.5 Å². The highest BCUT2D eigenvalue weighted by Gasteiger charge is 2.59. The van der Waals surface area contributed by atoms with Crippen molar-refractivity contribution in [1.82, 2.24) is 0 Å². The monoisotopic (exact) mass is 621 g/mol. The van der Waals surface area contributed by atoms with Crippen molar-refractivity contribution in [2.24, 2.45) is 57.7 Å². The van der Waals surface area contributed by atoms with Gasteiger partial charge in [0.05, 0.1) is 0 Å². The van der Waals surface area contributed by atoms with Gasteiger partial charge in [-0.1, -0.05) is 113 Å². The van der Waals surface area contributed by atoms with Crippen LogP contribution in [0.15, 0.2) is 29.8 Å². The molecule has 45 heavy (non-hydrogen) atoms. The first kappa shape index (κ1) is 37.7. The van der Waals surface area contributed by atoms with Gasteiger partial charge in [0.25, 0.3) is 0 Å². The molecule has 3 heteroatoms. The summed E-state index contributed by atoms with van der Waals surface area (Å²) >= 11 is 0. The number of benzene rings is 1. The van der Waals surface area contributed by atoms with Crippen molar-refractivity contribution >= 4 is 17.2 Å². The van der Waals surface area contributed by atoms with Crippen molar-refractivity contribution in [3.8, 4) is 0 Å². The molecule has 0 aromatic heterocycles. The molecule has 3 saturated carbocycles. The standard InChI is InChI=1S/C34H52N2O.C6H14.C2H6/c1-21(2)7-6-8-22(3)29-11-12-30-28-10-9-25-17-23(32(37)24-18-26(35)20-27(36)19-24)13-15-33(25,4)31(28)14-16-34(29,30)5;1-5-6(2,3)4;1-2/h9,18-23,28-31H,6-8,10-17,35-36H2,1-5H3;5H2,1-4H3;1-2H3. The maximum absolute atomic E-state index is 13.4. The molecule has 0 radical (unpaired) electrons. The van der Waals surface area contributed by atoms with Crippen molar-refractivity contribution in [2.45, 2.75) is 153 Å². The average molecular weight is 621 g/mol. The lowest BCUT2D eigenvalue weighted by molar-refractivity contribution is -0.0519. The van der Waals surface area contributed by atoms with E-state index in [0.29, 0.717) is 27.8 Å². The second kappa shape index (κ2) is 15.4. The molecule has 0 amide bonds. The number of carbonyl (C=O) groups excluding carboxylic acids is 1. The van der Waals surface area contributed by atoms with Crippen molar-refractivity contribution in [3.05, 3.63) is 35.4 Å². The van der Waals surface area contributed by atoms with Gasteiger partial charge in [-0.15, -0.1) is 0 Å². The molecule has 1 aromatic carbocycles. The van der Waals surface area contributed by atoms with Crippen LogP contribution in [-0.2, 0) is 0 Å². The normalized spacial score (nSPS) is 32.9. The van der Waals surface area contributed by atoms with E-state index >= 15 is 0 Å². The van der Waals surface area contributed by atoms with Crippen LogP contribution in [0.25, 0.3) is 0 Å². The molecule has 5 rings (SSSR count). The third-order valence-corrected chi connectivity index (χ3v) is 13.0. The molecule has 4 aliphatic rings. The Kier molecular flexibility index (Phi) is 12.9. The molecule has 1 aromatic rings. The van der Waals surface area contributed by atoms with Gasteiger partial charge in [0.1, 0.15) is 0 Å². The highest BCUT2D eigenvalue weighted by atomic mass is 16.1. The Labute approximate surface area is 279 Å². The Morgan fingerprint density at radius 1 is 0.911 bits per heavy atom. The quantitative estimate of drug-likeness (QED) is 0.181. The van der Waals surface area contributed by atoms with Crippen LogP contribution in [0.5, 0.6) is 0 Å². The summed E-state index contributed by atoms with van der Waals surface area (Å²) in [6.45, 7) is 25.5. The third-order valence-electron chi connectivity index (χ3n) is 13.0. The summed E-state index contributed by atoms with van der Waals surface area (Å²) in [5.41, 5.74) is 16.8. The molecule has 4 aliphatic carbocycles. The predicted octanol–water partition coefficient (Wildman–Crippen LogP) is 12.2. The number of rotatable bonds is 7. The Bertz CT molecular complexity index is 1120. The number of nitrogens with two attached hydrogens (primary N) is 2. The second-order valence-corrected chi connectivity index (χ2v) is 17.4. The van der Waals surface area contributed by atoms with Gasteiger partial charge in [0.2, 0.25) is 0 Å². The van der Waals surface area contributed by atoms with Crippen LogP contribution in [0, 0.1) is 57.7 Å². The summed E-state index contributed by atoms with van der Waals surface area (Å²) in [4.78, 5) is 13.4. The summed E-state index contributed by atoms with van der Waals surface area (Å²) in [5, 5.41) is 0. The molecule has 8 unspecified atom stereocenters. The third kappa shape index (κ3) is 8.58. The number of fused-ring (bicyclic) bond motifs is 5. The van der Waals surface area contributed by atoms with Crippen LogP contribution in [0.4, 0.5) is 11.4 Å². The fourth-order valence-corrected chi connectivity index (χ4v) is 9.96. The number of anilines is 2. The molecule has 3 nitrogen and oxygen atoms in total. The van der Waals surface area contributed by atoms with E-state index in [9.17, 15) is 4.79 Å². The first-order chi connectivity index (χ1) is 21.1. The molecule has 0 aliphatic heterocycles. The van der Waals surface area contributed by atoms with Crippen LogP contribution < -0.4 is 11.5 Å². The molecule has 8 atom stereocenters. The number of hydrogen-bond acceptors (Lipinski definition) is 3. The molecule has 0 heterocycles. The van der Waals surface area contributed by atoms with E-state index in [-0.39, 0.29) is 17.1 Å². The number of Topliss-reactive ketones (excluding diaryl/α,β-unsaturated/α-hetero) is 1. The Hall–Kier alpha value is -1.77. The minimum absolute atomic E-state index is 0.0634. The zero-order valence-corrected chi connectivity index (χ0v) is 31.4. The van der Waals surface area contributed by atoms with Crippen LogP contribution in [0.2, 0.25) is 0 Å². The van der Waals surface area contributed by atoms with E-state index in [1.165, 1.54) is 57.8 Å². The minimum Gasteiger partial charge on any atom is -0.399 e. The van der Waals surface area contributed by atoms with Gasteiger partial charge in [0, 0.05) is 22.9 Å². The van der Waals surface area contributed by atoms with Gasteiger partial charge in [-0.25, -0.2) is 0 Å². The Morgan fingerprint density at radius 2 is 1.53 bits per heavy atom. The lowest BCUT2D eigenvalue weighted by Gasteiger charge is -2.58. The summed E-state index contributed by atoms with van der Waals surface area (Å²) in [6.07, 6.45) is 18.0. The highest BCUT2D eigenvalue weighted by Crippen LogP contribution is 2.67. The first-order valence-electron chi connectivity index (χ1n) is 19.0. The minimum atomic E-state index is 0.0634. The maximum atomic E-state index is 13.4. The fraction of sp³-hybridized carbons (Fsp3) is 0.786. The van der Waals surface area contributed by atoms with Gasteiger partial charge in [-0.05, 0) is 121 Å². The number of ketones is 1. The largest absolute Gasteiger partial charge is 0.399 e. The zero-order valence-electron chi connectivity index (χ0n) is 31.4. The lowest BCUT2D eigenvalue weighted by atomic mass is 9.46. The van der Waals surface area contributed by atoms with Gasteiger partial charge in [0.15, 0.2) is 5.78 Å². The average Bonchev–Trinajstić information content (AvgIpc) is 3.34. The summed E-state index contributed by atoms with van der Waals surface area (Å²) in [7, 11) is 0. The molecular formula is C42H72N2O. The van der Waals surface area contributed by atoms with Crippen molar-refractivity contribution in [1.29, 1.82) is 0 Å². The van der Waals surface area contributed by atoms with Crippen molar-refractivity contribution in [3.63, 3.8) is 0 Å². The van der Waals surface area contributed by atoms with Crippen LogP contribution in [0.3, 0.4) is 0 Å². The zero-order chi connectivity index (χ0) is 33.7. The molecular weight excluding hydrogens is 548 g/mol. The van der Waals surface area contributed by atoms with Gasteiger partial charge < -0.3 is 11.5 Å². The number of nitrogen functional groups attached to an aromatic ring is 2. The van der Waals surface area contributed by atoms with E-state index in [1.807, 2.05) is 13.8 Å². The van der Waals surface area contributed by atoms with Crippen molar-refractivity contribution < 1.29 is 4.79 Å². The molecule has 0 bridgehead atoms. The Balaban J connectivity index is 0.000000620. The van der Waals surface area contributed by atoms with Crippen LogP contribution >= 0.6 is 0 Å². The SMILES string of the molecule is CC.CC(C)CCCC(C)C1CCC2C3CC=C4CC(C(=O)c5cc(N)cc(N)c5)CCC4(C)C3CCC12C.CCC(C)(C)C. The van der Waals surface area contributed by atoms with E-state index in [2.05, 4.69) is 68.4 Å². The van der Waals surface area contributed by atoms with Gasteiger partial charge in [-0.2, -0.15) is 0 Å². The summed E-state index contributed by atoms with van der Waals surface area (Å²) in [6, 6.07) is 5.34. The lowest BCUT2D eigenvalue weighted by Crippen LogP contribution is -2.50. The Morgan fingerprint density at radius 3 is 2.11 bits per heavy atom. The van der Waals surface area contributed by atoms with E-state index in [0.717, 1.165) is 54.8 Å². The maximum Gasteiger partial charge on any atom is 0.166 e. The smallest absolute Gasteiger partial charge is 0.166 e. The van der Waals surface area contributed by atoms with Gasteiger partial charge >= 0.3 is 0 Å². The highest BCUT2D eigenvalue weighted by molar-refractivity contribution is 5.99. The number of carbonyl (C=O) groups is 1. The molecule has 0 saturated heterocycles. The van der Waals surface area contributed by atoms with Crippen LogP contribution in [-0.4, -0.2) is 5.78 Å². The molecule has 4 N–H and O–H groups in total. The number of hydrogen-bond donors (Lipinski definition) is 2. The topological polar surface area (TPSA) is 69.1 Å². The van der Waals surface area contributed by atoms with E-state index in [1.54, 1.807) is 23.8 Å². The van der Waals surface area contributed by atoms with Crippen molar-refractivity contribution in [2.75, 3.05) is 11.5 Å². The first-order valence-corrected chi connectivity index (χ1v) is 19.0. The van der Waals surface area contributed by atoms with Crippen LogP contribution in [0.1, 0.15) is 164 Å². The van der Waals surface area contributed by atoms with Gasteiger partial charge in [-0.3, -0.25) is 4.79 Å². The van der Waals surface area contributed by atoms with E-state index < -0.39 is 0 Å². The summed E-state index contributed by atoms with van der Waals surface area (Å²) < 4.78 is 0. The second-order valence-electron chi connectivity index (χ2n) is 17.4. The molecule has 3 fully saturated rings. The summed E-state index contributed by atoms with van der Waals surface area (Å²) in [5.74, 6) is 5.39. The fourth-order valence-electron chi connectivity index (χ4n) is 9.96. The predicted molar refractivity (Wildman–Crippen MR) is 197 cm³/mol.